The number of carbonyl (C=O) groups excluding carboxylic acids is 1. The Kier molecular flexibility index (Phi) is 5.88. The fourth-order valence-electron chi connectivity index (χ4n) is 1.84. The van der Waals surface area contributed by atoms with Gasteiger partial charge in [-0.05, 0) is 5.56 Å². The molecular formula is C14H19N3O2S. The lowest BCUT2D eigenvalue weighted by Crippen LogP contribution is -2.29. The fraction of sp³-hybridized carbons (Fsp3) is 0.429. The van der Waals surface area contributed by atoms with Crippen LogP contribution in [0, 0.1) is 0 Å². The van der Waals surface area contributed by atoms with Gasteiger partial charge >= 0.3 is 0 Å². The number of rotatable bonds is 6. The number of amidine groups is 1. The maximum atomic E-state index is 11.5. The minimum Gasteiger partial charge on any atom is -0.383 e. The highest BCUT2D eigenvalue weighted by Crippen LogP contribution is 2.25. The molecule has 2 N–H and O–H groups in total. The Balaban J connectivity index is 1.78. The summed E-state index contributed by atoms with van der Waals surface area (Å²) in [6, 6.07) is 10.5. The third kappa shape index (κ3) is 4.54. The van der Waals surface area contributed by atoms with Crippen LogP contribution < -0.4 is 10.6 Å². The van der Waals surface area contributed by atoms with E-state index in [9.17, 15) is 4.79 Å². The second-order valence-electron chi connectivity index (χ2n) is 4.38. The number of ether oxygens (including phenoxy) is 1. The number of carbonyl (C=O) groups is 1. The van der Waals surface area contributed by atoms with Crippen LogP contribution in [0.4, 0.5) is 0 Å². The zero-order valence-corrected chi connectivity index (χ0v) is 12.3. The number of amides is 1. The Morgan fingerprint density at radius 1 is 1.50 bits per heavy atom. The van der Waals surface area contributed by atoms with Gasteiger partial charge in [-0.3, -0.25) is 9.79 Å². The smallest absolute Gasteiger partial charge is 0.241 e. The van der Waals surface area contributed by atoms with E-state index in [4.69, 9.17) is 4.74 Å². The topological polar surface area (TPSA) is 62.7 Å². The first-order chi connectivity index (χ1) is 9.79. The Morgan fingerprint density at radius 2 is 2.30 bits per heavy atom. The van der Waals surface area contributed by atoms with E-state index in [1.54, 1.807) is 18.9 Å². The number of thioether (sulfide) groups is 1. The van der Waals surface area contributed by atoms with E-state index in [0.717, 1.165) is 10.9 Å². The molecule has 1 atom stereocenters. The summed E-state index contributed by atoms with van der Waals surface area (Å²) in [4.78, 5) is 15.8. The van der Waals surface area contributed by atoms with Crippen LogP contribution >= 0.6 is 11.8 Å². The number of nitrogens with zero attached hydrogens (tertiary/aromatic N) is 1. The van der Waals surface area contributed by atoms with E-state index in [0.29, 0.717) is 13.2 Å². The maximum Gasteiger partial charge on any atom is 0.241 e. The molecule has 1 saturated heterocycles. The van der Waals surface area contributed by atoms with Gasteiger partial charge in [-0.1, -0.05) is 42.1 Å². The lowest BCUT2D eigenvalue weighted by Gasteiger charge is -2.09. The first kappa shape index (κ1) is 14.9. The molecule has 2 rings (SSSR count). The Hall–Kier alpha value is -1.53. The minimum absolute atomic E-state index is 0.0832. The van der Waals surface area contributed by atoms with Crippen LogP contribution in [0.5, 0.6) is 0 Å². The van der Waals surface area contributed by atoms with E-state index >= 15 is 0 Å². The van der Waals surface area contributed by atoms with Crippen molar-refractivity contribution in [3.63, 3.8) is 0 Å². The standard InChI is InChI=1S/C14H19N3O2S/c1-19-8-7-15-13(18)9-16-14-17-12(10-20-14)11-5-3-2-4-6-11/h2-6,12H,7-10H2,1H3,(H,15,18)(H,16,17). The number of aliphatic imine (C=N–C) groups is 1. The van der Waals surface area contributed by atoms with Crippen molar-refractivity contribution < 1.29 is 9.53 Å². The molecule has 6 heteroatoms. The largest absolute Gasteiger partial charge is 0.383 e. The van der Waals surface area contributed by atoms with E-state index in [2.05, 4.69) is 27.8 Å². The molecule has 0 bridgehead atoms. The monoisotopic (exact) mass is 293 g/mol. The molecule has 0 aromatic heterocycles. The normalized spacial score (nSPS) is 19.9. The summed E-state index contributed by atoms with van der Waals surface area (Å²) in [6.07, 6.45) is 0. The Morgan fingerprint density at radius 3 is 3.05 bits per heavy atom. The third-order valence-corrected chi connectivity index (χ3v) is 3.90. The molecule has 1 aromatic rings. The Labute approximate surface area is 123 Å². The molecule has 20 heavy (non-hydrogen) atoms. The zero-order valence-electron chi connectivity index (χ0n) is 11.5. The molecule has 5 nitrogen and oxygen atoms in total. The van der Waals surface area contributed by atoms with Crippen molar-refractivity contribution in [2.75, 3.05) is 32.6 Å². The van der Waals surface area contributed by atoms with Crippen LogP contribution in [0.1, 0.15) is 11.6 Å². The molecule has 1 aromatic carbocycles. The van der Waals surface area contributed by atoms with Gasteiger partial charge in [0.1, 0.15) is 6.54 Å². The third-order valence-electron chi connectivity index (χ3n) is 2.88. The molecular weight excluding hydrogens is 274 g/mol. The SMILES string of the molecule is COCCNC(=O)CN=C1NC(c2ccccc2)CS1. The fourth-order valence-corrected chi connectivity index (χ4v) is 2.82. The van der Waals surface area contributed by atoms with Crippen LogP contribution in [0.3, 0.4) is 0 Å². The quantitative estimate of drug-likeness (QED) is 0.773. The molecule has 1 aliphatic heterocycles. The summed E-state index contributed by atoms with van der Waals surface area (Å²) in [5.41, 5.74) is 1.25. The van der Waals surface area contributed by atoms with Gasteiger partial charge in [0.15, 0.2) is 5.17 Å². The summed E-state index contributed by atoms with van der Waals surface area (Å²) in [6.45, 7) is 1.19. The van der Waals surface area contributed by atoms with E-state index in [1.807, 2.05) is 18.2 Å². The highest BCUT2D eigenvalue weighted by Gasteiger charge is 2.21. The number of methoxy groups -OCH3 is 1. The first-order valence-corrected chi connectivity index (χ1v) is 7.52. The molecule has 108 valence electrons. The molecule has 0 saturated carbocycles. The van der Waals surface area contributed by atoms with Gasteiger partial charge in [0.2, 0.25) is 5.91 Å². The van der Waals surface area contributed by atoms with Crippen molar-refractivity contribution in [2.45, 2.75) is 6.04 Å². The minimum atomic E-state index is -0.0832. The van der Waals surface area contributed by atoms with Crippen LogP contribution in [0.15, 0.2) is 35.3 Å². The van der Waals surface area contributed by atoms with Gasteiger partial charge in [0.05, 0.1) is 12.6 Å². The van der Waals surface area contributed by atoms with Gasteiger partial charge in [0.25, 0.3) is 0 Å². The highest BCUT2D eigenvalue weighted by atomic mass is 32.2. The molecule has 1 amide bonds. The van der Waals surface area contributed by atoms with E-state index < -0.39 is 0 Å². The number of nitrogens with one attached hydrogen (secondary N) is 2. The summed E-state index contributed by atoms with van der Waals surface area (Å²) in [5, 5.41) is 6.91. The van der Waals surface area contributed by atoms with Crippen molar-refractivity contribution in [2.24, 2.45) is 4.99 Å². The molecule has 0 radical (unpaired) electrons. The summed E-state index contributed by atoms with van der Waals surface area (Å²) < 4.78 is 4.87. The average molecular weight is 293 g/mol. The zero-order chi connectivity index (χ0) is 14.2. The van der Waals surface area contributed by atoms with Crippen LogP contribution in [0.2, 0.25) is 0 Å². The number of benzene rings is 1. The lowest BCUT2D eigenvalue weighted by molar-refractivity contribution is -0.119. The van der Waals surface area contributed by atoms with Gasteiger partial charge < -0.3 is 15.4 Å². The van der Waals surface area contributed by atoms with Crippen molar-refractivity contribution in [1.29, 1.82) is 0 Å². The van der Waals surface area contributed by atoms with E-state index in [1.165, 1.54) is 5.56 Å². The molecule has 0 aliphatic carbocycles. The van der Waals surface area contributed by atoms with Crippen LogP contribution in [-0.4, -0.2) is 43.6 Å². The average Bonchev–Trinajstić information content (AvgIpc) is 2.95. The predicted molar refractivity (Wildman–Crippen MR) is 82.0 cm³/mol. The summed E-state index contributed by atoms with van der Waals surface area (Å²) in [7, 11) is 1.61. The second-order valence-corrected chi connectivity index (χ2v) is 5.39. The maximum absolute atomic E-state index is 11.5. The summed E-state index contributed by atoms with van der Waals surface area (Å²) >= 11 is 1.65. The predicted octanol–water partition coefficient (Wildman–Crippen LogP) is 1.18. The van der Waals surface area contributed by atoms with Crippen LogP contribution in [0.25, 0.3) is 0 Å². The van der Waals surface area contributed by atoms with Crippen molar-refractivity contribution in [3.05, 3.63) is 35.9 Å². The van der Waals surface area contributed by atoms with Crippen molar-refractivity contribution in [1.82, 2.24) is 10.6 Å². The molecule has 1 unspecified atom stereocenters. The van der Waals surface area contributed by atoms with Crippen molar-refractivity contribution in [3.8, 4) is 0 Å². The molecule has 1 fully saturated rings. The second kappa shape index (κ2) is 7.91. The first-order valence-electron chi connectivity index (χ1n) is 6.54. The van der Waals surface area contributed by atoms with E-state index in [-0.39, 0.29) is 18.5 Å². The Bertz CT molecular complexity index is 465. The summed E-state index contributed by atoms with van der Waals surface area (Å²) in [5.74, 6) is 0.855. The highest BCUT2D eigenvalue weighted by molar-refractivity contribution is 8.14. The van der Waals surface area contributed by atoms with Crippen molar-refractivity contribution >= 4 is 22.8 Å². The number of hydrogen-bond acceptors (Lipinski definition) is 4. The molecule has 1 aliphatic rings. The van der Waals surface area contributed by atoms with Gasteiger partial charge in [-0.25, -0.2) is 0 Å². The van der Waals surface area contributed by atoms with Gasteiger partial charge in [-0.2, -0.15) is 0 Å². The molecule has 1 heterocycles. The van der Waals surface area contributed by atoms with Crippen LogP contribution in [-0.2, 0) is 9.53 Å². The molecule has 0 spiro atoms. The van der Waals surface area contributed by atoms with Gasteiger partial charge in [-0.15, -0.1) is 0 Å². The lowest BCUT2D eigenvalue weighted by atomic mass is 10.1. The number of hydrogen-bond donors (Lipinski definition) is 2. The van der Waals surface area contributed by atoms with Gasteiger partial charge in [0, 0.05) is 19.4 Å².